The highest BCUT2D eigenvalue weighted by molar-refractivity contribution is 7.99. The van der Waals surface area contributed by atoms with Crippen LogP contribution in [-0.4, -0.2) is 71.9 Å². The number of carbonyl (C=O) groups is 1. The Bertz CT molecular complexity index is 388. The van der Waals surface area contributed by atoms with E-state index in [0.29, 0.717) is 13.2 Å². The Morgan fingerprint density at radius 1 is 1.32 bits per heavy atom. The topological polar surface area (TPSA) is 61.8 Å². The Morgan fingerprint density at radius 2 is 2.00 bits per heavy atom. The first-order chi connectivity index (χ1) is 10.6. The normalized spacial score (nSPS) is 37.0. The van der Waals surface area contributed by atoms with E-state index in [0.717, 1.165) is 50.3 Å². The van der Waals surface area contributed by atoms with Crippen LogP contribution in [0, 0.1) is 5.41 Å². The summed E-state index contributed by atoms with van der Waals surface area (Å²) in [5.41, 5.74) is -0.200. The Hall–Kier alpha value is -0.300. The van der Waals surface area contributed by atoms with Crippen LogP contribution in [0.25, 0.3) is 0 Å². The van der Waals surface area contributed by atoms with Crippen molar-refractivity contribution in [1.82, 2.24) is 10.2 Å². The third kappa shape index (κ3) is 3.30. The van der Waals surface area contributed by atoms with Gasteiger partial charge in [-0.3, -0.25) is 9.69 Å². The first-order valence-corrected chi connectivity index (χ1v) is 9.58. The van der Waals surface area contributed by atoms with Crippen LogP contribution in [0.5, 0.6) is 0 Å². The van der Waals surface area contributed by atoms with Crippen LogP contribution < -0.4 is 5.32 Å². The van der Waals surface area contributed by atoms with Gasteiger partial charge in [-0.05, 0) is 32.6 Å². The summed E-state index contributed by atoms with van der Waals surface area (Å²) in [5, 5.41) is 12.6. The summed E-state index contributed by atoms with van der Waals surface area (Å²) in [7, 11) is 0. The SMILES string of the molecule is CC(C(=O)NCC12CCC(CO)(CC1)CO2)N1CCSCC1. The van der Waals surface area contributed by atoms with Crippen molar-refractivity contribution in [3.63, 3.8) is 0 Å². The lowest BCUT2D eigenvalue weighted by Gasteiger charge is -2.52. The van der Waals surface area contributed by atoms with E-state index in [1.165, 1.54) is 0 Å². The first kappa shape index (κ1) is 16.6. The number of rotatable bonds is 5. The molecule has 0 spiro atoms. The standard InChI is InChI=1S/C16H28N2O3S/c1-13(18-6-8-22-9-7-18)14(20)17-10-16-4-2-15(11-19,3-5-16)12-21-16/h13,19H,2-12H2,1H3,(H,17,20). The lowest BCUT2D eigenvalue weighted by atomic mass is 9.66. The summed E-state index contributed by atoms with van der Waals surface area (Å²) in [6, 6.07) is -0.0546. The molecule has 22 heavy (non-hydrogen) atoms. The van der Waals surface area contributed by atoms with E-state index >= 15 is 0 Å². The maximum atomic E-state index is 12.4. The fourth-order valence-electron chi connectivity index (χ4n) is 3.79. The van der Waals surface area contributed by atoms with Crippen molar-refractivity contribution >= 4 is 17.7 Å². The number of thioether (sulfide) groups is 1. The molecule has 3 saturated heterocycles. The lowest BCUT2D eigenvalue weighted by Crippen LogP contribution is -2.58. The molecule has 4 rings (SSSR count). The van der Waals surface area contributed by atoms with Gasteiger partial charge in [0.15, 0.2) is 0 Å². The molecular weight excluding hydrogens is 300 g/mol. The molecule has 3 heterocycles. The van der Waals surface area contributed by atoms with Gasteiger partial charge in [0.2, 0.25) is 5.91 Å². The smallest absolute Gasteiger partial charge is 0.237 e. The fourth-order valence-corrected chi connectivity index (χ4v) is 4.72. The average Bonchev–Trinajstić information content (AvgIpc) is 2.61. The van der Waals surface area contributed by atoms with Gasteiger partial charge < -0.3 is 15.2 Å². The summed E-state index contributed by atoms with van der Waals surface area (Å²) < 4.78 is 6.04. The van der Waals surface area contributed by atoms with Crippen LogP contribution in [0.15, 0.2) is 0 Å². The summed E-state index contributed by atoms with van der Waals surface area (Å²) >= 11 is 1.96. The van der Waals surface area contributed by atoms with Gasteiger partial charge in [-0.15, -0.1) is 0 Å². The lowest BCUT2D eigenvalue weighted by molar-refractivity contribution is -0.192. The van der Waals surface area contributed by atoms with E-state index in [1.54, 1.807) is 0 Å². The molecule has 6 heteroatoms. The molecule has 2 N–H and O–H groups in total. The van der Waals surface area contributed by atoms with Crippen molar-refractivity contribution in [3.05, 3.63) is 0 Å². The molecule has 1 aliphatic carbocycles. The van der Waals surface area contributed by atoms with Crippen LogP contribution in [-0.2, 0) is 9.53 Å². The van der Waals surface area contributed by atoms with Gasteiger partial charge in [0, 0.05) is 36.6 Å². The quantitative estimate of drug-likeness (QED) is 0.784. The molecule has 0 aromatic heterocycles. The highest BCUT2D eigenvalue weighted by Crippen LogP contribution is 2.48. The molecule has 4 aliphatic rings. The zero-order chi connectivity index (χ0) is 15.6. The number of amides is 1. The van der Waals surface area contributed by atoms with Crippen LogP contribution in [0.1, 0.15) is 32.6 Å². The van der Waals surface area contributed by atoms with Crippen molar-refractivity contribution in [2.45, 2.75) is 44.2 Å². The number of ether oxygens (including phenoxy) is 1. The van der Waals surface area contributed by atoms with Crippen LogP contribution in [0.4, 0.5) is 0 Å². The summed E-state index contributed by atoms with van der Waals surface area (Å²) in [6.45, 7) is 5.47. The van der Waals surface area contributed by atoms with Crippen molar-refractivity contribution in [1.29, 1.82) is 0 Å². The van der Waals surface area contributed by atoms with E-state index < -0.39 is 0 Å². The predicted molar refractivity (Wildman–Crippen MR) is 88.0 cm³/mol. The van der Waals surface area contributed by atoms with Gasteiger partial charge >= 0.3 is 0 Å². The molecular formula is C16H28N2O3S. The minimum atomic E-state index is -0.190. The first-order valence-electron chi connectivity index (χ1n) is 8.43. The number of hydrogen-bond acceptors (Lipinski definition) is 5. The molecule has 2 bridgehead atoms. The third-order valence-corrected chi connectivity index (χ3v) is 6.74. The second kappa shape index (κ2) is 6.67. The molecule has 1 atom stereocenters. The fraction of sp³-hybridized carbons (Fsp3) is 0.938. The highest BCUT2D eigenvalue weighted by Gasteiger charge is 2.49. The number of nitrogens with zero attached hydrogens (tertiary/aromatic N) is 1. The van der Waals surface area contributed by atoms with Crippen molar-refractivity contribution in [2.24, 2.45) is 5.41 Å². The zero-order valence-electron chi connectivity index (χ0n) is 13.5. The molecule has 0 radical (unpaired) electrons. The molecule has 3 aliphatic heterocycles. The van der Waals surface area contributed by atoms with E-state index in [4.69, 9.17) is 4.74 Å². The van der Waals surface area contributed by atoms with Gasteiger partial charge in [0.05, 0.1) is 24.9 Å². The Labute approximate surface area is 137 Å². The predicted octanol–water partition coefficient (Wildman–Crippen LogP) is 0.862. The van der Waals surface area contributed by atoms with Gasteiger partial charge in [0.1, 0.15) is 0 Å². The van der Waals surface area contributed by atoms with Crippen LogP contribution in [0.3, 0.4) is 0 Å². The number of aliphatic hydroxyl groups is 1. The van der Waals surface area contributed by atoms with Gasteiger partial charge in [-0.2, -0.15) is 11.8 Å². The molecule has 1 saturated carbocycles. The number of carbonyl (C=O) groups excluding carboxylic acids is 1. The summed E-state index contributed by atoms with van der Waals surface area (Å²) in [5.74, 6) is 2.36. The van der Waals surface area contributed by atoms with Gasteiger partial charge in [0.25, 0.3) is 0 Å². The summed E-state index contributed by atoms with van der Waals surface area (Å²) in [4.78, 5) is 14.7. The highest BCUT2D eigenvalue weighted by atomic mass is 32.2. The monoisotopic (exact) mass is 328 g/mol. The maximum Gasteiger partial charge on any atom is 0.237 e. The van der Waals surface area contributed by atoms with E-state index in [9.17, 15) is 9.90 Å². The van der Waals surface area contributed by atoms with Gasteiger partial charge in [-0.1, -0.05) is 0 Å². The molecule has 126 valence electrons. The minimum absolute atomic E-state index is 0.00941. The Balaban J connectivity index is 1.49. The van der Waals surface area contributed by atoms with Crippen molar-refractivity contribution in [2.75, 3.05) is 44.4 Å². The Morgan fingerprint density at radius 3 is 2.55 bits per heavy atom. The minimum Gasteiger partial charge on any atom is -0.396 e. The number of fused-ring (bicyclic) bond motifs is 3. The second-order valence-electron chi connectivity index (χ2n) is 7.17. The summed E-state index contributed by atoms with van der Waals surface area (Å²) in [6.07, 6.45) is 3.92. The van der Waals surface area contributed by atoms with Crippen molar-refractivity contribution < 1.29 is 14.6 Å². The van der Waals surface area contributed by atoms with Crippen molar-refractivity contribution in [3.8, 4) is 0 Å². The van der Waals surface area contributed by atoms with E-state index in [-0.39, 0.29) is 29.6 Å². The third-order valence-electron chi connectivity index (χ3n) is 5.80. The van der Waals surface area contributed by atoms with Crippen LogP contribution in [0.2, 0.25) is 0 Å². The number of nitrogens with one attached hydrogen (secondary N) is 1. The molecule has 1 unspecified atom stereocenters. The van der Waals surface area contributed by atoms with E-state index in [1.807, 2.05) is 18.7 Å². The van der Waals surface area contributed by atoms with E-state index in [2.05, 4.69) is 10.2 Å². The molecule has 4 fully saturated rings. The molecule has 0 aromatic rings. The maximum absolute atomic E-state index is 12.4. The van der Waals surface area contributed by atoms with Crippen LogP contribution >= 0.6 is 11.8 Å². The molecule has 0 aromatic carbocycles. The Kier molecular flexibility index (Phi) is 5.02. The largest absolute Gasteiger partial charge is 0.396 e. The molecule has 5 nitrogen and oxygen atoms in total. The van der Waals surface area contributed by atoms with Gasteiger partial charge in [-0.25, -0.2) is 0 Å². The number of hydrogen-bond donors (Lipinski definition) is 2. The second-order valence-corrected chi connectivity index (χ2v) is 8.40. The molecule has 1 amide bonds. The average molecular weight is 328 g/mol. The zero-order valence-corrected chi connectivity index (χ0v) is 14.3. The number of aliphatic hydroxyl groups excluding tert-OH is 1.